The van der Waals surface area contributed by atoms with Gasteiger partial charge in [-0.25, -0.2) is 4.98 Å². The van der Waals surface area contributed by atoms with Crippen molar-refractivity contribution in [2.75, 3.05) is 0 Å². The van der Waals surface area contributed by atoms with E-state index in [-0.39, 0.29) is 24.1 Å². The zero-order valence-corrected chi connectivity index (χ0v) is 15.4. The lowest BCUT2D eigenvalue weighted by Gasteiger charge is -2.17. The molecule has 1 N–H and O–H groups in total. The van der Waals surface area contributed by atoms with Crippen molar-refractivity contribution >= 4 is 38.8 Å². The number of amides is 1. The van der Waals surface area contributed by atoms with Gasteiger partial charge < -0.3 is 5.32 Å². The highest BCUT2D eigenvalue weighted by Crippen LogP contribution is 2.33. The average molecular weight is 361 g/mol. The highest BCUT2D eigenvalue weighted by Gasteiger charge is 2.16. The van der Waals surface area contributed by atoms with E-state index in [2.05, 4.69) is 10.3 Å². The molecule has 0 saturated carbocycles. The Morgan fingerprint density at radius 1 is 1.33 bits per heavy atom. The standard InChI is InChI=1S/C17H19N3O2S2/c1-10(2)11(3)19-14(21)7-20-9-18-16-15(17(20)22)12(8-24-16)13-5-4-6-23-13/h4-6,8-11H,7H2,1-3H3,(H,19,21)/t11-/m1/s1. The van der Waals surface area contributed by atoms with E-state index in [4.69, 9.17) is 0 Å². The fourth-order valence-electron chi connectivity index (χ4n) is 2.31. The minimum Gasteiger partial charge on any atom is -0.352 e. The Bertz CT molecular complexity index is 910. The third-order valence-corrected chi connectivity index (χ3v) is 5.84. The van der Waals surface area contributed by atoms with Crippen LogP contribution in [0, 0.1) is 5.92 Å². The number of hydrogen-bond donors (Lipinski definition) is 1. The molecule has 3 aromatic rings. The predicted octanol–water partition coefficient (Wildman–Crippen LogP) is 3.35. The van der Waals surface area contributed by atoms with Gasteiger partial charge in [-0.1, -0.05) is 19.9 Å². The van der Waals surface area contributed by atoms with E-state index in [1.165, 1.54) is 22.2 Å². The Labute approximate surface area is 148 Å². The van der Waals surface area contributed by atoms with Gasteiger partial charge >= 0.3 is 0 Å². The zero-order valence-electron chi connectivity index (χ0n) is 13.8. The summed E-state index contributed by atoms with van der Waals surface area (Å²) in [5, 5.41) is 7.44. The Morgan fingerprint density at radius 2 is 2.12 bits per heavy atom. The van der Waals surface area contributed by atoms with Crippen LogP contribution in [0.2, 0.25) is 0 Å². The summed E-state index contributed by atoms with van der Waals surface area (Å²) in [6.07, 6.45) is 1.46. The molecule has 1 amide bonds. The van der Waals surface area contributed by atoms with E-state index in [9.17, 15) is 9.59 Å². The summed E-state index contributed by atoms with van der Waals surface area (Å²) >= 11 is 3.04. The highest BCUT2D eigenvalue weighted by molar-refractivity contribution is 7.18. The lowest BCUT2D eigenvalue weighted by atomic mass is 10.1. The minimum absolute atomic E-state index is 0.0153. The van der Waals surface area contributed by atoms with Crippen molar-refractivity contribution in [1.29, 1.82) is 0 Å². The number of aromatic nitrogens is 2. The van der Waals surface area contributed by atoms with Gasteiger partial charge in [-0.3, -0.25) is 14.2 Å². The maximum absolute atomic E-state index is 12.8. The van der Waals surface area contributed by atoms with Crippen LogP contribution >= 0.6 is 22.7 Å². The molecule has 0 saturated heterocycles. The molecule has 0 aliphatic carbocycles. The summed E-state index contributed by atoms with van der Waals surface area (Å²) in [4.78, 5) is 31.1. The number of thiophene rings is 2. The van der Waals surface area contributed by atoms with Gasteiger partial charge in [0.1, 0.15) is 11.4 Å². The summed E-state index contributed by atoms with van der Waals surface area (Å²) in [5.74, 6) is 0.168. The molecule has 3 aromatic heterocycles. The number of carbonyl (C=O) groups is 1. The van der Waals surface area contributed by atoms with Gasteiger partial charge in [0.15, 0.2) is 0 Å². The molecule has 3 rings (SSSR count). The monoisotopic (exact) mass is 361 g/mol. The van der Waals surface area contributed by atoms with E-state index in [0.29, 0.717) is 16.1 Å². The van der Waals surface area contributed by atoms with E-state index in [1.54, 1.807) is 11.3 Å². The van der Waals surface area contributed by atoms with Crippen molar-refractivity contribution in [2.24, 2.45) is 5.92 Å². The quantitative estimate of drug-likeness (QED) is 0.758. The number of nitrogens with one attached hydrogen (secondary N) is 1. The van der Waals surface area contributed by atoms with Gasteiger partial charge in [0, 0.05) is 21.9 Å². The molecule has 24 heavy (non-hydrogen) atoms. The molecule has 0 aromatic carbocycles. The van der Waals surface area contributed by atoms with E-state index in [0.717, 1.165) is 10.4 Å². The van der Waals surface area contributed by atoms with Crippen molar-refractivity contribution in [1.82, 2.24) is 14.9 Å². The van der Waals surface area contributed by atoms with Crippen LogP contribution in [0.15, 0.2) is 34.0 Å². The minimum atomic E-state index is -0.174. The number of fused-ring (bicyclic) bond motifs is 1. The molecule has 5 nitrogen and oxygen atoms in total. The van der Waals surface area contributed by atoms with Crippen LogP contribution in [0.3, 0.4) is 0 Å². The van der Waals surface area contributed by atoms with Crippen LogP contribution in [-0.2, 0) is 11.3 Å². The van der Waals surface area contributed by atoms with Crippen LogP contribution in [0.25, 0.3) is 20.7 Å². The SMILES string of the molecule is CC(C)[C@@H](C)NC(=O)Cn1cnc2scc(-c3cccs3)c2c1=O. The summed E-state index contributed by atoms with van der Waals surface area (Å²) in [6, 6.07) is 4.01. The predicted molar refractivity (Wildman–Crippen MR) is 99.6 cm³/mol. The van der Waals surface area contributed by atoms with Crippen LogP contribution in [0.5, 0.6) is 0 Å². The Balaban J connectivity index is 1.93. The number of hydrogen-bond acceptors (Lipinski definition) is 5. The van der Waals surface area contributed by atoms with E-state index < -0.39 is 0 Å². The molecule has 0 radical (unpaired) electrons. The molecular formula is C17H19N3O2S2. The van der Waals surface area contributed by atoms with Crippen molar-refractivity contribution in [2.45, 2.75) is 33.4 Å². The van der Waals surface area contributed by atoms with Gasteiger partial charge in [-0.2, -0.15) is 0 Å². The second kappa shape index (κ2) is 6.86. The summed E-state index contributed by atoms with van der Waals surface area (Å²) in [7, 11) is 0. The van der Waals surface area contributed by atoms with Crippen molar-refractivity contribution in [3.63, 3.8) is 0 Å². The van der Waals surface area contributed by atoms with Crippen LogP contribution in [0.4, 0.5) is 0 Å². The van der Waals surface area contributed by atoms with Crippen LogP contribution in [0.1, 0.15) is 20.8 Å². The molecule has 7 heteroatoms. The van der Waals surface area contributed by atoms with Gasteiger partial charge in [0.2, 0.25) is 5.91 Å². The fraction of sp³-hybridized carbons (Fsp3) is 0.353. The molecule has 3 heterocycles. The molecular weight excluding hydrogens is 342 g/mol. The topological polar surface area (TPSA) is 64.0 Å². The first-order valence-corrected chi connectivity index (χ1v) is 9.53. The third kappa shape index (κ3) is 3.27. The normalized spacial score (nSPS) is 12.7. The van der Waals surface area contributed by atoms with Gasteiger partial charge in [0.05, 0.1) is 11.7 Å². The summed E-state index contributed by atoms with van der Waals surface area (Å²) in [6.45, 7) is 6.03. The third-order valence-electron chi connectivity index (χ3n) is 4.05. The molecule has 0 fully saturated rings. The first kappa shape index (κ1) is 16.9. The lowest BCUT2D eigenvalue weighted by molar-refractivity contribution is -0.122. The average Bonchev–Trinajstić information content (AvgIpc) is 3.18. The highest BCUT2D eigenvalue weighted by atomic mass is 32.1. The van der Waals surface area contributed by atoms with Crippen molar-refractivity contribution < 1.29 is 4.79 Å². The largest absolute Gasteiger partial charge is 0.352 e. The van der Waals surface area contributed by atoms with Crippen LogP contribution in [-0.4, -0.2) is 21.5 Å². The second-order valence-electron chi connectivity index (χ2n) is 6.08. The Hall–Kier alpha value is -1.99. The maximum atomic E-state index is 12.8. The van der Waals surface area contributed by atoms with Gasteiger partial charge in [-0.05, 0) is 24.3 Å². The number of rotatable bonds is 5. The fourth-order valence-corrected chi connectivity index (χ4v) is 4.04. The maximum Gasteiger partial charge on any atom is 0.263 e. The lowest BCUT2D eigenvalue weighted by Crippen LogP contribution is -2.39. The molecule has 0 bridgehead atoms. The van der Waals surface area contributed by atoms with E-state index in [1.807, 2.05) is 43.7 Å². The first-order chi connectivity index (χ1) is 11.5. The molecule has 0 unspecified atom stereocenters. The molecule has 0 aliphatic rings. The summed E-state index contributed by atoms with van der Waals surface area (Å²) < 4.78 is 1.38. The van der Waals surface area contributed by atoms with E-state index >= 15 is 0 Å². The van der Waals surface area contributed by atoms with Gasteiger partial charge in [0.25, 0.3) is 5.56 Å². The molecule has 1 atom stereocenters. The Morgan fingerprint density at radius 3 is 2.79 bits per heavy atom. The zero-order chi connectivity index (χ0) is 17.3. The molecule has 126 valence electrons. The molecule has 0 aliphatic heterocycles. The second-order valence-corrected chi connectivity index (χ2v) is 7.89. The number of nitrogens with zero attached hydrogens (tertiary/aromatic N) is 2. The Kier molecular flexibility index (Phi) is 4.82. The van der Waals surface area contributed by atoms with Crippen molar-refractivity contribution in [3.8, 4) is 10.4 Å². The smallest absolute Gasteiger partial charge is 0.263 e. The van der Waals surface area contributed by atoms with Crippen molar-refractivity contribution in [3.05, 3.63) is 39.6 Å². The first-order valence-electron chi connectivity index (χ1n) is 7.77. The van der Waals surface area contributed by atoms with Crippen LogP contribution < -0.4 is 10.9 Å². The number of carbonyl (C=O) groups excluding carboxylic acids is 1. The summed E-state index contributed by atoms with van der Waals surface area (Å²) in [5.41, 5.74) is 0.727. The van der Waals surface area contributed by atoms with Gasteiger partial charge in [-0.15, -0.1) is 22.7 Å². The molecule has 0 spiro atoms.